The fraction of sp³-hybridized carbons (Fsp3) is 0.647. The Balaban J connectivity index is 1.99. The van der Waals surface area contributed by atoms with Gasteiger partial charge in [-0.1, -0.05) is 32.9 Å². The van der Waals surface area contributed by atoms with Gasteiger partial charge in [-0.3, -0.25) is 4.90 Å². The monoisotopic (exact) mass is 275 g/mol. The molecule has 0 bridgehead atoms. The van der Waals surface area contributed by atoms with Crippen LogP contribution in [0.2, 0.25) is 0 Å². The number of likely N-dealkylation sites (N-methyl/N-ethyl adjacent to an activating group) is 1. The zero-order valence-corrected chi connectivity index (χ0v) is 13.2. The van der Waals surface area contributed by atoms with E-state index < -0.39 is 0 Å². The van der Waals surface area contributed by atoms with Crippen LogP contribution in [0, 0.1) is 0 Å². The molecule has 2 N–H and O–H groups in total. The maximum absolute atomic E-state index is 6.08. The summed E-state index contributed by atoms with van der Waals surface area (Å²) in [7, 11) is 0. The second-order valence-corrected chi connectivity index (χ2v) is 5.72. The number of nitrogens with zero attached hydrogens (tertiary/aromatic N) is 2. The SMILES string of the molecule is CC[C@@H](N)c1ccc(N2CCC(N(CC)CC)C2)cc1. The van der Waals surface area contributed by atoms with E-state index in [9.17, 15) is 0 Å². The first-order valence-electron chi connectivity index (χ1n) is 8.04. The number of anilines is 1. The lowest BCUT2D eigenvalue weighted by Crippen LogP contribution is -2.37. The molecule has 1 aliphatic heterocycles. The highest BCUT2D eigenvalue weighted by atomic mass is 15.2. The summed E-state index contributed by atoms with van der Waals surface area (Å²) in [4.78, 5) is 5.08. The molecule has 0 aliphatic carbocycles. The van der Waals surface area contributed by atoms with Crippen molar-refractivity contribution < 1.29 is 0 Å². The van der Waals surface area contributed by atoms with Crippen molar-refractivity contribution in [2.24, 2.45) is 5.73 Å². The highest BCUT2D eigenvalue weighted by Gasteiger charge is 2.26. The molecule has 0 saturated carbocycles. The molecule has 1 aromatic rings. The van der Waals surface area contributed by atoms with Crippen molar-refractivity contribution in [3.63, 3.8) is 0 Å². The summed E-state index contributed by atoms with van der Waals surface area (Å²) in [6.07, 6.45) is 2.27. The van der Waals surface area contributed by atoms with Gasteiger partial charge in [0.25, 0.3) is 0 Å². The molecule has 1 fully saturated rings. The molecule has 112 valence electrons. The van der Waals surface area contributed by atoms with Gasteiger partial charge in [0, 0.05) is 30.9 Å². The number of benzene rings is 1. The molecule has 20 heavy (non-hydrogen) atoms. The molecule has 3 nitrogen and oxygen atoms in total. The maximum atomic E-state index is 6.08. The molecular formula is C17H29N3. The number of nitrogens with two attached hydrogens (primary N) is 1. The Morgan fingerprint density at radius 1 is 1.20 bits per heavy atom. The molecule has 1 unspecified atom stereocenters. The Labute approximate surface area is 123 Å². The van der Waals surface area contributed by atoms with Gasteiger partial charge in [-0.05, 0) is 43.6 Å². The van der Waals surface area contributed by atoms with Gasteiger partial charge in [0.1, 0.15) is 0 Å². The van der Waals surface area contributed by atoms with Crippen LogP contribution in [0.3, 0.4) is 0 Å². The van der Waals surface area contributed by atoms with Crippen LogP contribution in [0.15, 0.2) is 24.3 Å². The lowest BCUT2D eigenvalue weighted by molar-refractivity contribution is 0.232. The molecule has 3 heteroatoms. The minimum absolute atomic E-state index is 0.172. The van der Waals surface area contributed by atoms with Crippen molar-refractivity contribution in [1.82, 2.24) is 4.90 Å². The largest absolute Gasteiger partial charge is 0.370 e. The summed E-state index contributed by atoms with van der Waals surface area (Å²) in [5, 5.41) is 0. The molecule has 1 aliphatic rings. The first kappa shape index (κ1) is 15.3. The smallest absolute Gasteiger partial charge is 0.0366 e. The topological polar surface area (TPSA) is 32.5 Å². The summed E-state index contributed by atoms with van der Waals surface area (Å²) >= 11 is 0. The molecule has 1 saturated heterocycles. The normalized spacial score (nSPS) is 20.6. The number of rotatable bonds is 6. The second-order valence-electron chi connectivity index (χ2n) is 5.72. The van der Waals surface area contributed by atoms with E-state index in [1.807, 2.05) is 0 Å². The van der Waals surface area contributed by atoms with Gasteiger partial charge < -0.3 is 10.6 Å². The van der Waals surface area contributed by atoms with E-state index >= 15 is 0 Å². The molecule has 2 atom stereocenters. The predicted molar refractivity (Wildman–Crippen MR) is 87.2 cm³/mol. The Kier molecular flexibility index (Phi) is 5.44. The maximum Gasteiger partial charge on any atom is 0.0366 e. The highest BCUT2D eigenvalue weighted by molar-refractivity contribution is 5.49. The van der Waals surface area contributed by atoms with Crippen LogP contribution >= 0.6 is 0 Å². The first-order chi connectivity index (χ1) is 9.69. The van der Waals surface area contributed by atoms with E-state index in [0.717, 1.165) is 26.1 Å². The third kappa shape index (κ3) is 3.33. The van der Waals surface area contributed by atoms with Gasteiger partial charge in [-0.15, -0.1) is 0 Å². The predicted octanol–water partition coefficient (Wildman–Crippen LogP) is 3.02. The molecule has 0 radical (unpaired) electrons. The molecule has 0 amide bonds. The summed E-state index contributed by atoms with van der Waals surface area (Å²) in [5.74, 6) is 0. The Hall–Kier alpha value is -1.06. The zero-order chi connectivity index (χ0) is 14.5. The van der Waals surface area contributed by atoms with Crippen LogP contribution in [0.5, 0.6) is 0 Å². The van der Waals surface area contributed by atoms with E-state index in [1.165, 1.54) is 24.2 Å². The lowest BCUT2D eigenvalue weighted by atomic mass is 10.1. The van der Waals surface area contributed by atoms with Crippen molar-refractivity contribution >= 4 is 5.69 Å². The molecular weight excluding hydrogens is 246 g/mol. The van der Waals surface area contributed by atoms with Crippen molar-refractivity contribution in [2.45, 2.75) is 45.7 Å². The molecule has 0 aromatic heterocycles. The minimum atomic E-state index is 0.172. The fourth-order valence-corrected chi connectivity index (χ4v) is 3.18. The standard InChI is InChI=1S/C17H29N3/c1-4-17(18)14-7-9-15(10-8-14)20-12-11-16(13-20)19(5-2)6-3/h7-10,16-17H,4-6,11-13,18H2,1-3H3/t16?,17-/m1/s1. The molecule has 1 heterocycles. The third-order valence-corrected chi connectivity index (χ3v) is 4.62. The van der Waals surface area contributed by atoms with E-state index in [0.29, 0.717) is 6.04 Å². The van der Waals surface area contributed by atoms with Crippen molar-refractivity contribution in [3.8, 4) is 0 Å². The van der Waals surface area contributed by atoms with Crippen molar-refractivity contribution in [1.29, 1.82) is 0 Å². The average molecular weight is 275 g/mol. The Morgan fingerprint density at radius 2 is 1.85 bits per heavy atom. The Bertz CT molecular complexity index is 397. The number of hydrogen-bond acceptors (Lipinski definition) is 3. The summed E-state index contributed by atoms with van der Waals surface area (Å²) < 4.78 is 0. The van der Waals surface area contributed by atoms with Gasteiger partial charge >= 0.3 is 0 Å². The average Bonchev–Trinajstić information content (AvgIpc) is 2.97. The molecule has 0 spiro atoms. The Morgan fingerprint density at radius 3 is 2.40 bits per heavy atom. The minimum Gasteiger partial charge on any atom is -0.370 e. The van der Waals surface area contributed by atoms with Crippen molar-refractivity contribution in [3.05, 3.63) is 29.8 Å². The van der Waals surface area contributed by atoms with Crippen LogP contribution in [-0.2, 0) is 0 Å². The van der Waals surface area contributed by atoms with Crippen LogP contribution in [-0.4, -0.2) is 37.1 Å². The van der Waals surface area contributed by atoms with E-state index in [4.69, 9.17) is 5.73 Å². The highest BCUT2D eigenvalue weighted by Crippen LogP contribution is 2.25. The van der Waals surface area contributed by atoms with Crippen molar-refractivity contribution in [2.75, 3.05) is 31.1 Å². The van der Waals surface area contributed by atoms with Gasteiger partial charge in [0.2, 0.25) is 0 Å². The first-order valence-corrected chi connectivity index (χ1v) is 8.04. The summed E-state index contributed by atoms with van der Waals surface area (Å²) in [5.41, 5.74) is 8.66. The number of hydrogen-bond donors (Lipinski definition) is 1. The molecule has 2 rings (SSSR count). The fourth-order valence-electron chi connectivity index (χ4n) is 3.18. The second kappa shape index (κ2) is 7.09. The quantitative estimate of drug-likeness (QED) is 0.866. The van der Waals surface area contributed by atoms with Gasteiger partial charge in [0.15, 0.2) is 0 Å². The van der Waals surface area contributed by atoms with Crippen LogP contribution in [0.1, 0.15) is 45.2 Å². The van der Waals surface area contributed by atoms with Crippen LogP contribution in [0.25, 0.3) is 0 Å². The summed E-state index contributed by atoms with van der Waals surface area (Å²) in [6, 6.07) is 9.72. The van der Waals surface area contributed by atoms with E-state index in [1.54, 1.807) is 0 Å². The lowest BCUT2D eigenvalue weighted by Gasteiger charge is -2.26. The van der Waals surface area contributed by atoms with E-state index in [2.05, 4.69) is 54.8 Å². The van der Waals surface area contributed by atoms with Crippen LogP contribution < -0.4 is 10.6 Å². The summed E-state index contributed by atoms with van der Waals surface area (Å²) in [6.45, 7) is 11.3. The van der Waals surface area contributed by atoms with E-state index in [-0.39, 0.29) is 6.04 Å². The molecule has 1 aromatic carbocycles. The van der Waals surface area contributed by atoms with Crippen LogP contribution in [0.4, 0.5) is 5.69 Å². The van der Waals surface area contributed by atoms with Gasteiger partial charge in [-0.25, -0.2) is 0 Å². The third-order valence-electron chi connectivity index (χ3n) is 4.62. The van der Waals surface area contributed by atoms with Gasteiger partial charge in [0.05, 0.1) is 0 Å². The zero-order valence-electron chi connectivity index (χ0n) is 13.2. The van der Waals surface area contributed by atoms with Gasteiger partial charge in [-0.2, -0.15) is 0 Å².